The van der Waals surface area contributed by atoms with Gasteiger partial charge in [-0.2, -0.15) is 15.2 Å². The van der Waals surface area contributed by atoms with Crippen molar-refractivity contribution in [3.63, 3.8) is 0 Å². The summed E-state index contributed by atoms with van der Waals surface area (Å²) in [4.78, 5) is 14.2. The Morgan fingerprint density at radius 1 is 1.21 bits per heavy atom. The van der Waals surface area contributed by atoms with Crippen LogP contribution in [0.2, 0.25) is 0 Å². The number of nitrogens with zero attached hydrogens (tertiary/aromatic N) is 5. The number of alkyl halides is 1. The summed E-state index contributed by atoms with van der Waals surface area (Å²) in [6, 6.07) is 6.52. The second-order valence-electron chi connectivity index (χ2n) is 11.8. The predicted octanol–water partition coefficient (Wildman–Crippen LogP) is 3.37. The van der Waals surface area contributed by atoms with Crippen molar-refractivity contribution >= 4 is 11.5 Å². The highest BCUT2D eigenvalue weighted by atomic mass is 19.1. The van der Waals surface area contributed by atoms with Gasteiger partial charge in [-0.15, -0.1) is 0 Å². The molecule has 2 N–H and O–H groups in total. The Balaban J connectivity index is 1.26. The van der Waals surface area contributed by atoms with Crippen LogP contribution in [0.3, 0.4) is 0 Å². The van der Waals surface area contributed by atoms with Gasteiger partial charge in [-0.3, -0.25) is 4.90 Å². The molecule has 0 bridgehead atoms. The summed E-state index contributed by atoms with van der Waals surface area (Å²) in [5.41, 5.74) is 10.1. The van der Waals surface area contributed by atoms with Crippen LogP contribution in [0.1, 0.15) is 66.5 Å². The molecule has 9 nitrogen and oxygen atoms in total. The fourth-order valence-electron chi connectivity index (χ4n) is 7.58. The van der Waals surface area contributed by atoms with E-state index in [0.29, 0.717) is 56.6 Å². The van der Waals surface area contributed by atoms with Gasteiger partial charge in [0.05, 0.1) is 30.0 Å². The molecule has 0 saturated carbocycles. The van der Waals surface area contributed by atoms with E-state index < -0.39 is 11.8 Å². The third-order valence-electron chi connectivity index (χ3n) is 9.41. The normalized spacial score (nSPS) is 30.1. The zero-order valence-corrected chi connectivity index (χ0v) is 22.3. The zero-order valence-electron chi connectivity index (χ0n) is 22.3. The summed E-state index contributed by atoms with van der Waals surface area (Å²) < 4.78 is 33.2. The lowest BCUT2D eigenvalue weighted by Crippen LogP contribution is -2.44. The topological polar surface area (TPSA) is 110 Å². The minimum absolute atomic E-state index is 0.279. The third kappa shape index (κ3) is 4.14. The van der Waals surface area contributed by atoms with E-state index >= 15 is 0 Å². The van der Waals surface area contributed by atoms with Crippen molar-refractivity contribution in [2.75, 3.05) is 50.2 Å². The van der Waals surface area contributed by atoms with Crippen LogP contribution in [0.25, 0.3) is 0 Å². The Morgan fingerprint density at radius 3 is 2.97 bits per heavy atom. The molecule has 39 heavy (non-hydrogen) atoms. The summed E-state index contributed by atoms with van der Waals surface area (Å²) in [5.74, 6) is 0.782. The number of benzene rings is 1. The molecule has 1 unspecified atom stereocenters. The van der Waals surface area contributed by atoms with Crippen molar-refractivity contribution in [1.82, 2.24) is 14.9 Å². The average molecular weight is 535 g/mol. The first-order valence-electron chi connectivity index (χ1n) is 14.2. The maximum absolute atomic E-state index is 14.4. The molecule has 1 aliphatic carbocycles. The Morgan fingerprint density at radius 2 is 2.13 bits per heavy atom. The predicted molar refractivity (Wildman–Crippen MR) is 142 cm³/mol. The lowest BCUT2D eigenvalue weighted by atomic mass is 9.72. The van der Waals surface area contributed by atoms with Crippen LogP contribution >= 0.6 is 0 Å². The van der Waals surface area contributed by atoms with E-state index in [1.54, 1.807) is 0 Å². The number of nitrogen functional groups attached to an aromatic ring is 1. The Labute approximate surface area is 228 Å². The average Bonchev–Trinajstić information content (AvgIpc) is 3.48. The molecule has 3 atom stereocenters. The quantitative estimate of drug-likeness (QED) is 0.591. The lowest BCUT2D eigenvalue weighted by molar-refractivity contribution is -0.0858. The first-order chi connectivity index (χ1) is 19.0. The molecule has 7 rings (SSSR count). The lowest BCUT2D eigenvalue weighted by Gasteiger charge is -2.43. The molecule has 1 aromatic carbocycles. The second-order valence-corrected chi connectivity index (χ2v) is 11.8. The number of aryl methyl sites for hydroxylation is 1. The van der Waals surface area contributed by atoms with E-state index in [1.807, 2.05) is 12.1 Å². The Hall–Kier alpha value is -3.00. The monoisotopic (exact) mass is 534 g/mol. The molecule has 5 aliphatic rings. The van der Waals surface area contributed by atoms with Crippen molar-refractivity contribution in [3.8, 4) is 12.1 Å². The van der Waals surface area contributed by atoms with Crippen molar-refractivity contribution in [2.24, 2.45) is 0 Å². The molecule has 2 aromatic rings. The van der Waals surface area contributed by atoms with Crippen LogP contribution in [0, 0.1) is 11.3 Å². The highest BCUT2D eigenvalue weighted by Gasteiger charge is 2.50. The smallest absolute Gasteiger partial charge is 0.318 e. The van der Waals surface area contributed by atoms with Gasteiger partial charge in [-0.05, 0) is 56.7 Å². The number of ether oxygens (including phenoxy) is 3. The first kappa shape index (κ1) is 25.0. The van der Waals surface area contributed by atoms with Gasteiger partial charge in [0.15, 0.2) is 0 Å². The van der Waals surface area contributed by atoms with Gasteiger partial charge in [0.1, 0.15) is 37.0 Å². The van der Waals surface area contributed by atoms with Gasteiger partial charge >= 0.3 is 6.01 Å². The summed E-state index contributed by atoms with van der Waals surface area (Å²) >= 11 is 0. The standard InChI is InChI=1S/C29H35FN6O3/c30-20-12-28(7-2-10-36(28)15-20)17-38-27-33-24-13-29(8-1-4-19-5-6-23(32)21(14-31)25(19)29)39-16-22(24)26(34-27)35-9-3-11-37-18-35/h5-6,20H,1-4,7-13,15-18,32H2/t20-,28?,29+/m1/s1. The second kappa shape index (κ2) is 9.58. The summed E-state index contributed by atoms with van der Waals surface area (Å²) in [5, 5.41) is 10.0. The van der Waals surface area contributed by atoms with Crippen LogP contribution in [-0.4, -0.2) is 66.2 Å². The molecule has 206 valence electrons. The van der Waals surface area contributed by atoms with Crippen LogP contribution in [0.15, 0.2) is 12.1 Å². The summed E-state index contributed by atoms with van der Waals surface area (Å²) in [6.45, 7) is 4.11. The minimum Gasteiger partial charge on any atom is -0.461 e. The molecule has 1 spiro atoms. The van der Waals surface area contributed by atoms with Crippen LogP contribution in [0.5, 0.6) is 6.01 Å². The van der Waals surface area contributed by atoms with E-state index in [0.717, 1.165) is 86.4 Å². The number of hydrogen-bond acceptors (Lipinski definition) is 9. The fourth-order valence-corrected chi connectivity index (χ4v) is 7.58. The number of anilines is 2. The van der Waals surface area contributed by atoms with Crippen molar-refractivity contribution < 1.29 is 18.6 Å². The number of nitriles is 1. The number of fused-ring (bicyclic) bond motifs is 4. The Bertz CT molecular complexity index is 1330. The zero-order chi connectivity index (χ0) is 26.6. The van der Waals surface area contributed by atoms with Gasteiger partial charge < -0.3 is 24.8 Å². The molecule has 0 radical (unpaired) electrons. The first-order valence-corrected chi connectivity index (χ1v) is 14.2. The summed E-state index contributed by atoms with van der Waals surface area (Å²) in [7, 11) is 0. The van der Waals surface area contributed by atoms with E-state index in [4.69, 9.17) is 29.9 Å². The molecule has 3 saturated heterocycles. The SMILES string of the molecule is N#Cc1c(N)ccc2c1[C@]1(CCC2)Cc2nc(OCC34CCCN3C[C@H](F)C4)nc(N3CCCOC3)c2CO1. The Kier molecular flexibility index (Phi) is 6.14. The highest BCUT2D eigenvalue weighted by Crippen LogP contribution is 2.48. The number of hydrogen-bond donors (Lipinski definition) is 1. The molecular weight excluding hydrogens is 499 g/mol. The van der Waals surface area contributed by atoms with Crippen molar-refractivity contribution in [2.45, 2.75) is 75.3 Å². The number of halogens is 1. The van der Waals surface area contributed by atoms with E-state index in [9.17, 15) is 9.65 Å². The van der Waals surface area contributed by atoms with Gasteiger partial charge in [0.25, 0.3) is 0 Å². The number of rotatable bonds is 4. The van der Waals surface area contributed by atoms with Crippen LogP contribution < -0.4 is 15.4 Å². The maximum Gasteiger partial charge on any atom is 0.318 e. The van der Waals surface area contributed by atoms with E-state index in [1.165, 1.54) is 0 Å². The van der Waals surface area contributed by atoms with Crippen LogP contribution in [0.4, 0.5) is 15.9 Å². The van der Waals surface area contributed by atoms with Gasteiger partial charge in [0.2, 0.25) is 0 Å². The molecular formula is C29H35FN6O3. The molecule has 3 fully saturated rings. The number of aromatic nitrogens is 2. The molecule has 5 heterocycles. The maximum atomic E-state index is 14.4. The largest absolute Gasteiger partial charge is 0.461 e. The van der Waals surface area contributed by atoms with Crippen molar-refractivity contribution in [1.29, 1.82) is 5.26 Å². The highest BCUT2D eigenvalue weighted by molar-refractivity contribution is 5.63. The molecule has 10 heteroatoms. The summed E-state index contributed by atoms with van der Waals surface area (Å²) in [6.07, 6.45) is 5.73. The van der Waals surface area contributed by atoms with Crippen molar-refractivity contribution in [3.05, 3.63) is 40.1 Å². The van der Waals surface area contributed by atoms with Gasteiger partial charge in [-0.1, -0.05) is 6.07 Å². The van der Waals surface area contributed by atoms with Gasteiger partial charge in [-0.25, -0.2) is 4.39 Å². The molecule has 4 aliphatic heterocycles. The van der Waals surface area contributed by atoms with E-state index in [2.05, 4.69) is 15.9 Å². The van der Waals surface area contributed by atoms with E-state index in [-0.39, 0.29) is 5.54 Å². The molecule has 0 amide bonds. The fraction of sp³-hybridized carbons (Fsp3) is 0.621. The minimum atomic E-state index is -0.815. The third-order valence-corrected chi connectivity index (χ3v) is 9.41. The number of nitrogens with two attached hydrogens (primary N) is 1. The molecule has 1 aromatic heterocycles. The van der Waals surface area contributed by atoms with Crippen LogP contribution in [-0.2, 0) is 34.5 Å². The van der Waals surface area contributed by atoms with Gasteiger partial charge in [0, 0.05) is 42.7 Å².